The first-order chi connectivity index (χ1) is 18.4. The van der Waals surface area contributed by atoms with Gasteiger partial charge in [0.05, 0.1) is 35.9 Å². The molecular weight excluding hydrogens is 520 g/mol. The van der Waals surface area contributed by atoms with Gasteiger partial charge in [-0.05, 0) is 67.5 Å². The van der Waals surface area contributed by atoms with Crippen LogP contribution in [0.5, 0.6) is 0 Å². The summed E-state index contributed by atoms with van der Waals surface area (Å²) in [6, 6.07) is -0.791. The number of nitrogens with zero attached hydrogens (tertiary/aromatic N) is 1. The van der Waals surface area contributed by atoms with Gasteiger partial charge in [0.1, 0.15) is 17.8 Å². The van der Waals surface area contributed by atoms with Crippen LogP contribution in [0.25, 0.3) is 0 Å². The van der Waals surface area contributed by atoms with Crippen molar-refractivity contribution in [2.24, 2.45) is 17.8 Å². The predicted octanol–water partition coefficient (Wildman–Crippen LogP) is 0.633. The normalized spacial score (nSPS) is 49.1. The number of cyclic esters (lactones) is 1. The summed E-state index contributed by atoms with van der Waals surface area (Å²) in [6.07, 6.45) is -5.70. The Morgan fingerprint density at radius 3 is 2.23 bits per heavy atom. The standard InChI is InChI=1S/C29H56N2O9/c1-11-21-29(8,37)26(34)18(5)31(10)14-15(2)13-28(7,36)25(33)16(3)24(17(4)27(35)39-21)40-22-12-20(30-9)23(32)19(6)38-22/h15-26,30,32-34,36-37H,11-14H2,1-10H3/t15-,16+,17-,18-,19?,20?,21-,22+,23-,24+,25-,26?,28-,29-/m1/s1. The molecule has 14 atom stereocenters. The first-order valence-electron chi connectivity index (χ1n) is 14.8. The van der Waals surface area contributed by atoms with E-state index in [-0.39, 0.29) is 24.8 Å². The first-order valence-corrected chi connectivity index (χ1v) is 14.8. The van der Waals surface area contributed by atoms with Gasteiger partial charge in [-0.1, -0.05) is 20.8 Å². The van der Waals surface area contributed by atoms with Crippen molar-refractivity contribution in [2.45, 2.75) is 141 Å². The SMILES string of the molecule is CC[C@H]1OC(=O)[C@H](C)[C@@H](O[C@H]2CC(NC)[C@H](O)C(C)O2)[C@H](C)[C@@H](O)[C@](C)(O)C[C@@H](C)CN(C)[C@H](C)C(O)[C@]1(C)O. The molecule has 11 heteroatoms. The molecule has 0 aromatic carbocycles. The second-order valence-electron chi connectivity index (χ2n) is 12.9. The van der Waals surface area contributed by atoms with E-state index in [0.717, 1.165) is 0 Å². The molecule has 0 spiro atoms. The van der Waals surface area contributed by atoms with Crippen LogP contribution in [-0.4, -0.2) is 123 Å². The van der Waals surface area contributed by atoms with E-state index < -0.39 is 78.0 Å². The minimum atomic E-state index is -1.74. The largest absolute Gasteiger partial charge is 0.459 e. The quantitative estimate of drug-likeness (QED) is 0.261. The van der Waals surface area contributed by atoms with Gasteiger partial charge in [-0.2, -0.15) is 0 Å². The van der Waals surface area contributed by atoms with Gasteiger partial charge in [0.25, 0.3) is 0 Å². The van der Waals surface area contributed by atoms with Crippen molar-refractivity contribution >= 4 is 5.97 Å². The third kappa shape index (κ3) is 7.93. The molecule has 6 N–H and O–H groups in total. The molecule has 0 saturated carbocycles. The molecule has 2 fully saturated rings. The maximum absolute atomic E-state index is 13.6. The number of nitrogens with one attached hydrogen (secondary N) is 1. The zero-order valence-corrected chi connectivity index (χ0v) is 26.1. The molecule has 2 aliphatic rings. The number of rotatable bonds is 4. The van der Waals surface area contributed by atoms with E-state index in [0.29, 0.717) is 13.0 Å². The molecule has 236 valence electrons. The van der Waals surface area contributed by atoms with E-state index >= 15 is 0 Å². The topological polar surface area (TPSA) is 161 Å². The highest BCUT2D eigenvalue weighted by Crippen LogP contribution is 2.35. The highest BCUT2D eigenvalue weighted by molar-refractivity contribution is 5.73. The lowest BCUT2D eigenvalue weighted by atomic mass is 9.78. The summed E-state index contributed by atoms with van der Waals surface area (Å²) in [7, 11) is 3.56. The van der Waals surface area contributed by atoms with E-state index in [1.807, 2.05) is 18.9 Å². The van der Waals surface area contributed by atoms with E-state index in [9.17, 15) is 30.3 Å². The average Bonchev–Trinajstić information content (AvgIpc) is 2.88. The number of hydrogen-bond acceptors (Lipinski definition) is 11. The zero-order valence-electron chi connectivity index (χ0n) is 26.1. The maximum atomic E-state index is 13.6. The summed E-state index contributed by atoms with van der Waals surface area (Å²) >= 11 is 0. The third-order valence-electron chi connectivity index (χ3n) is 9.30. The Morgan fingerprint density at radius 1 is 1.07 bits per heavy atom. The van der Waals surface area contributed by atoms with Crippen LogP contribution >= 0.6 is 0 Å². The number of aliphatic hydroxyl groups is 5. The highest BCUT2D eigenvalue weighted by atomic mass is 16.7. The monoisotopic (exact) mass is 576 g/mol. The first kappa shape index (κ1) is 35.3. The van der Waals surface area contributed by atoms with E-state index in [4.69, 9.17) is 14.2 Å². The summed E-state index contributed by atoms with van der Waals surface area (Å²) in [4.78, 5) is 15.5. The van der Waals surface area contributed by atoms with Crippen LogP contribution in [0.15, 0.2) is 0 Å². The van der Waals surface area contributed by atoms with Crippen molar-refractivity contribution in [1.29, 1.82) is 0 Å². The summed E-state index contributed by atoms with van der Waals surface area (Å²) in [5.41, 5.74) is -3.26. The van der Waals surface area contributed by atoms with Crippen LogP contribution in [0, 0.1) is 17.8 Å². The Balaban J connectivity index is 2.50. The molecule has 0 radical (unpaired) electrons. The lowest BCUT2D eigenvalue weighted by molar-refractivity contribution is -0.263. The Morgan fingerprint density at radius 2 is 1.68 bits per heavy atom. The zero-order chi connectivity index (χ0) is 30.7. The molecule has 2 heterocycles. The molecule has 3 unspecified atom stereocenters. The van der Waals surface area contributed by atoms with Crippen LogP contribution in [-0.2, 0) is 19.0 Å². The van der Waals surface area contributed by atoms with Crippen molar-refractivity contribution in [1.82, 2.24) is 10.2 Å². The molecule has 2 aliphatic heterocycles. The van der Waals surface area contributed by atoms with Crippen LogP contribution in [0.2, 0.25) is 0 Å². The van der Waals surface area contributed by atoms with Gasteiger partial charge in [-0.3, -0.25) is 4.79 Å². The summed E-state index contributed by atoms with van der Waals surface area (Å²) < 4.78 is 18.1. The lowest BCUT2D eigenvalue weighted by Crippen LogP contribution is -2.59. The molecule has 2 saturated heterocycles. The minimum absolute atomic E-state index is 0.0800. The highest BCUT2D eigenvalue weighted by Gasteiger charge is 2.48. The smallest absolute Gasteiger partial charge is 0.311 e. The van der Waals surface area contributed by atoms with Gasteiger partial charge < -0.3 is 50.0 Å². The Kier molecular flexibility index (Phi) is 12.4. The van der Waals surface area contributed by atoms with Crippen molar-refractivity contribution in [2.75, 3.05) is 20.6 Å². The third-order valence-corrected chi connectivity index (χ3v) is 9.30. The number of ether oxygens (including phenoxy) is 3. The van der Waals surface area contributed by atoms with Crippen molar-refractivity contribution in [3.05, 3.63) is 0 Å². The molecule has 0 aliphatic carbocycles. The fourth-order valence-electron chi connectivity index (χ4n) is 6.51. The number of carbonyl (C=O) groups excluding carboxylic acids is 1. The Bertz CT molecular complexity index is 812. The van der Waals surface area contributed by atoms with Crippen LogP contribution in [0.3, 0.4) is 0 Å². The van der Waals surface area contributed by atoms with Crippen molar-refractivity contribution < 1.29 is 44.5 Å². The average molecular weight is 577 g/mol. The van der Waals surface area contributed by atoms with Gasteiger partial charge in [-0.25, -0.2) is 0 Å². The van der Waals surface area contributed by atoms with Crippen LogP contribution in [0.4, 0.5) is 0 Å². The predicted molar refractivity (Wildman–Crippen MR) is 150 cm³/mol. The molecular formula is C29H56N2O9. The van der Waals surface area contributed by atoms with Gasteiger partial charge in [-0.15, -0.1) is 0 Å². The molecule has 11 nitrogen and oxygen atoms in total. The number of carbonyl (C=O) groups is 1. The van der Waals surface area contributed by atoms with Crippen LogP contribution in [0.1, 0.15) is 74.7 Å². The minimum Gasteiger partial charge on any atom is -0.459 e. The van der Waals surface area contributed by atoms with Gasteiger partial charge >= 0.3 is 5.97 Å². The number of esters is 1. The fourth-order valence-corrected chi connectivity index (χ4v) is 6.51. The summed E-state index contributed by atoms with van der Waals surface area (Å²) in [5.74, 6) is -2.40. The van der Waals surface area contributed by atoms with E-state index in [1.54, 1.807) is 48.6 Å². The van der Waals surface area contributed by atoms with Gasteiger partial charge in [0.2, 0.25) is 0 Å². The molecule has 2 rings (SSSR count). The van der Waals surface area contributed by atoms with E-state index in [1.165, 1.54) is 6.92 Å². The Hall–Kier alpha value is -0.890. The van der Waals surface area contributed by atoms with Crippen LogP contribution < -0.4 is 5.32 Å². The summed E-state index contributed by atoms with van der Waals surface area (Å²) in [6.45, 7) is 14.1. The molecule has 0 bridgehead atoms. The molecule has 0 amide bonds. The summed E-state index contributed by atoms with van der Waals surface area (Å²) in [5, 5.41) is 59.0. The van der Waals surface area contributed by atoms with Crippen molar-refractivity contribution in [3.8, 4) is 0 Å². The van der Waals surface area contributed by atoms with Gasteiger partial charge in [0.15, 0.2) is 6.29 Å². The molecule has 40 heavy (non-hydrogen) atoms. The number of hydrogen-bond donors (Lipinski definition) is 6. The Labute approximate surface area is 240 Å². The number of likely N-dealkylation sites (N-methyl/N-ethyl adjacent to an activating group) is 2. The number of aliphatic hydroxyl groups excluding tert-OH is 3. The second-order valence-corrected chi connectivity index (χ2v) is 12.9. The van der Waals surface area contributed by atoms with E-state index in [2.05, 4.69) is 5.32 Å². The second kappa shape index (κ2) is 14.1. The molecule has 0 aromatic heterocycles. The molecule has 0 aromatic rings. The van der Waals surface area contributed by atoms with Gasteiger partial charge in [0, 0.05) is 31.0 Å². The maximum Gasteiger partial charge on any atom is 0.311 e. The lowest BCUT2D eigenvalue weighted by Gasteiger charge is -2.43. The fraction of sp³-hybridized carbons (Fsp3) is 0.966. The van der Waals surface area contributed by atoms with Crippen molar-refractivity contribution in [3.63, 3.8) is 0 Å².